The SMILES string of the molecule is Cc1ccc(S(=O)(=O)NC(=O)COc2cccc(C(N)=O)c2)s1. The maximum Gasteiger partial charge on any atom is 0.273 e. The number of hydrogen-bond donors (Lipinski definition) is 2. The van der Waals surface area contributed by atoms with Crippen LogP contribution in [0.3, 0.4) is 0 Å². The molecule has 2 amide bonds. The zero-order chi connectivity index (χ0) is 17.0. The lowest BCUT2D eigenvalue weighted by atomic mass is 10.2. The molecule has 0 spiro atoms. The summed E-state index contributed by atoms with van der Waals surface area (Å²) in [5.41, 5.74) is 5.36. The molecule has 2 aromatic rings. The summed E-state index contributed by atoms with van der Waals surface area (Å²) < 4.78 is 31.1. The van der Waals surface area contributed by atoms with E-state index in [0.29, 0.717) is 0 Å². The Morgan fingerprint density at radius 3 is 2.61 bits per heavy atom. The van der Waals surface area contributed by atoms with E-state index in [1.54, 1.807) is 19.1 Å². The number of rotatable bonds is 6. The zero-order valence-corrected chi connectivity index (χ0v) is 13.7. The van der Waals surface area contributed by atoms with Crippen molar-refractivity contribution in [3.63, 3.8) is 0 Å². The predicted molar refractivity (Wildman–Crippen MR) is 84.8 cm³/mol. The Labute approximate surface area is 137 Å². The van der Waals surface area contributed by atoms with E-state index in [1.165, 1.54) is 24.3 Å². The molecule has 2 rings (SSSR count). The molecular weight excluding hydrogens is 340 g/mol. The monoisotopic (exact) mass is 354 g/mol. The second-order valence-corrected chi connectivity index (χ2v) is 7.77. The van der Waals surface area contributed by atoms with Gasteiger partial charge in [0.1, 0.15) is 9.96 Å². The number of thiophene rings is 1. The topological polar surface area (TPSA) is 116 Å². The molecule has 0 aliphatic carbocycles. The van der Waals surface area contributed by atoms with Gasteiger partial charge >= 0.3 is 0 Å². The number of carbonyl (C=O) groups is 2. The third kappa shape index (κ3) is 4.54. The number of hydrogen-bond acceptors (Lipinski definition) is 6. The molecule has 1 aromatic carbocycles. The standard InChI is InChI=1S/C14H14N2O5S2/c1-9-5-6-13(22-9)23(19,20)16-12(17)8-21-11-4-2-3-10(7-11)14(15)18/h2-7H,8H2,1H3,(H2,15,18)(H,16,17). The Bertz CT molecular complexity index is 842. The summed E-state index contributed by atoms with van der Waals surface area (Å²) >= 11 is 1.06. The second-order valence-electron chi connectivity index (χ2n) is 4.57. The van der Waals surface area contributed by atoms with Gasteiger partial charge in [0.25, 0.3) is 15.9 Å². The predicted octanol–water partition coefficient (Wildman–Crippen LogP) is 1.04. The van der Waals surface area contributed by atoms with Gasteiger partial charge in [-0.2, -0.15) is 0 Å². The molecule has 7 nitrogen and oxygen atoms in total. The fourth-order valence-electron chi connectivity index (χ4n) is 1.67. The summed E-state index contributed by atoms with van der Waals surface area (Å²) in [5, 5.41) is 0. The zero-order valence-electron chi connectivity index (χ0n) is 12.1. The van der Waals surface area contributed by atoms with Crippen LogP contribution in [0.15, 0.2) is 40.6 Å². The van der Waals surface area contributed by atoms with Gasteiger partial charge in [-0.05, 0) is 37.3 Å². The van der Waals surface area contributed by atoms with Crippen molar-refractivity contribution in [2.45, 2.75) is 11.1 Å². The van der Waals surface area contributed by atoms with Crippen molar-refractivity contribution in [2.75, 3.05) is 6.61 Å². The number of sulfonamides is 1. The molecule has 0 unspecified atom stereocenters. The highest BCUT2D eigenvalue weighted by atomic mass is 32.2. The number of aryl methyl sites for hydroxylation is 1. The van der Waals surface area contributed by atoms with Crippen molar-refractivity contribution in [2.24, 2.45) is 5.73 Å². The number of amides is 2. The van der Waals surface area contributed by atoms with Crippen molar-refractivity contribution in [3.8, 4) is 5.75 Å². The number of primary amides is 1. The van der Waals surface area contributed by atoms with Gasteiger partial charge in [0, 0.05) is 10.4 Å². The highest BCUT2D eigenvalue weighted by molar-refractivity contribution is 7.92. The van der Waals surface area contributed by atoms with Crippen molar-refractivity contribution in [3.05, 3.63) is 46.8 Å². The van der Waals surface area contributed by atoms with E-state index in [4.69, 9.17) is 10.5 Å². The van der Waals surface area contributed by atoms with Crippen molar-refractivity contribution in [1.82, 2.24) is 4.72 Å². The maximum absolute atomic E-state index is 12.0. The van der Waals surface area contributed by atoms with Gasteiger partial charge in [0.15, 0.2) is 6.61 Å². The average molecular weight is 354 g/mol. The van der Waals surface area contributed by atoms with Crippen LogP contribution in [-0.2, 0) is 14.8 Å². The van der Waals surface area contributed by atoms with Gasteiger partial charge in [-0.3, -0.25) is 9.59 Å². The summed E-state index contributed by atoms with van der Waals surface area (Å²) in [4.78, 5) is 23.6. The van der Waals surface area contributed by atoms with Crippen LogP contribution in [0.5, 0.6) is 5.75 Å². The number of carbonyl (C=O) groups excluding carboxylic acids is 2. The summed E-state index contributed by atoms with van der Waals surface area (Å²) in [5.74, 6) is -1.21. The first-order valence-corrected chi connectivity index (χ1v) is 8.72. The minimum absolute atomic E-state index is 0.0547. The van der Waals surface area contributed by atoms with Crippen LogP contribution in [0.1, 0.15) is 15.2 Å². The third-order valence-electron chi connectivity index (χ3n) is 2.72. The van der Waals surface area contributed by atoms with Gasteiger partial charge in [-0.15, -0.1) is 11.3 Å². The average Bonchev–Trinajstić information content (AvgIpc) is 2.92. The molecule has 1 aromatic heterocycles. The molecule has 1 heterocycles. The number of benzene rings is 1. The largest absolute Gasteiger partial charge is 0.484 e. The lowest BCUT2D eigenvalue weighted by Gasteiger charge is -2.08. The number of ether oxygens (including phenoxy) is 1. The number of nitrogens with one attached hydrogen (secondary N) is 1. The van der Waals surface area contributed by atoms with Gasteiger partial charge in [0.2, 0.25) is 5.91 Å². The third-order valence-corrected chi connectivity index (χ3v) is 5.58. The highest BCUT2D eigenvalue weighted by Crippen LogP contribution is 2.20. The maximum atomic E-state index is 12.0. The minimum atomic E-state index is -3.90. The molecule has 3 N–H and O–H groups in total. The normalized spacial score (nSPS) is 11.0. The molecule has 0 bridgehead atoms. The van der Waals surface area contributed by atoms with E-state index in [-0.39, 0.29) is 15.5 Å². The fourth-order valence-corrected chi connectivity index (χ4v) is 3.93. The molecule has 0 fully saturated rings. The van der Waals surface area contributed by atoms with Crippen LogP contribution in [0.4, 0.5) is 0 Å². The quantitative estimate of drug-likeness (QED) is 0.804. The van der Waals surface area contributed by atoms with E-state index in [1.807, 2.05) is 4.72 Å². The summed E-state index contributed by atoms with van der Waals surface area (Å²) in [7, 11) is -3.90. The first-order chi connectivity index (χ1) is 10.8. The lowest BCUT2D eigenvalue weighted by Crippen LogP contribution is -2.34. The van der Waals surface area contributed by atoms with E-state index in [9.17, 15) is 18.0 Å². The molecule has 0 aliphatic rings. The molecule has 0 aliphatic heterocycles. The molecular formula is C14H14N2O5S2. The first-order valence-electron chi connectivity index (χ1n) is 6.43. The van der Waals surface area contributed by atoms with Crippen LogP contribution in [0.2, 0.25) is 0 Å². The van der Waals surface area contributed by atoms with Gasteiger partial charge in [-0.1, -0.05) is 6.07 Å². The van der Waals surface area contributed by atoms with Crippen LogP contribution in [-0.4, -0.2) is 26.8 Å². The molecule has 0 saturated carbocycles. The Kier molecular flexibility index (Phi) is 5.02. The molecule has 23 heavy (non-hydrogen) atoms. The van der Waals surface area contributed by atoms with Crippen molar-refractivity contribution >= 4 is 33.2 Å². The second kappa shape index (κ2) is 6.80. The van der Waals surface area contributed by atoms with Gasteiger partial charge < -0.3 is 10.5 Å². The van der Waals surface area contributed by atoms with E-state index >= 15 is 0 Å². The molecule has 0 saturated heterocycles. The van der Waals surface area contributed by atoms with E-state index in [2.05, 4.69) is 0 Å². The van der Waals surface area contributed by atoms with Crippen molar-refractivity contribution < 1.29 is 22.7 Å². The summed E-state index contributed by atoms with van der Waals surface area (Å²) in [6.45, 7) is 1.26. The Morgan fingerprint density at radius 2 is 2.00 bits per heavy atom. The van der Waals surface area contributed by atoms with E-state index in [0.717, 1.165) is 16.2 Å². The first kappa shape index (κ1) is 17.0. The van der Waals surface area contributed by atoms with Crippen LogP contribution in [0, 0.1) is 6.92 Å². The number of nitrogens with two attached hydrogens (primary N) is 1. The Hall–Kier alpha value is -2.39. The van der Waals surface area contributed by atoms with Crippen LogP contribution in [0.25, 0.3) is 0 Å². The summed E-state index contributed by atoms with van der Waals surface area (Å²) in [6.07, 6.45) is 0. The fraction of sp³-hybridized carbons (Fsp3) is 0.143. The lowest BCUT2D eigenvalue weighted by molar-refractivity contribution is -0.121. The van der Waals surface area contributed by atoms with Crippen molar-refractivity contribution in [1.29, 1.82) is 0 Å². The van der Waals surface area contributed by atoms with Crippen LogP contribution >= 0.6 is 11.3 Å². The summed E-state index contributed by atoms with van der Waals surface area (Å²) in [6, 6.07) is 9.00. The molecule has 0 radical (unpaired) electrons. The Morgan fingerprint density at radius 1 is 1.26 bits per heavy atom. The highest BCUT2D eigenvalue weighted by Gasteiger charge is 2.19. The molecule has 0 atom stereocenters. The van der Waals surface area contributed by atoms with E-state index < -0.39 is 28.4 Å². The minimum Gasteiger partial charge on any atom is -0.484 e. The molecule has 122 valence electrons. The molecule has 9 heteroatoms. The van der Waals surface area contributed by atoms with Crippen LogP contribution < -0.4 is 15.2 Å². The van der Waals surface area contributed by atoms with Gasteiger partial charge in [0.05, 0.1) is 0 Å². The van der Waals surface area contributed by atoms with Gasteiger partial charge in [-0.25, -0.2) is 13.1 Å². The Balaban J connectivity index is 1.98. The smallest absolute Gasteiger partial charge is 0.273 e.